The molecule has 0 radical (unpaired) electrons. The summed E-state index contributed by atoms with van der Waals surface area (Å²) in [4.78, 5) is 18.8. The Bertz CT molecular complexity index is 1160. The molecular formula is C30H31F2N3O2. The van der Waals surface area contributed by atoms with Crippen molar-refractivity contribution >= 4 is 17.4 Å². The fraction of sp³-hybridized carbons (Fsp3) is 0.300. The third-order valence-corrected chi connectivity index (χ3v) is 6.97. The van der Waals surface area contributed by atoms with E-state index in [1.807, 2.05) is 30.3 Å². The highest BCUT2D eigenvalue weighted by Gasteiger charge is 2.33. The van der Waals surface area contributed by atoms with Crippen LogP contribution in [0, 0.1) is 11.6 Å². The average molecular weight is 504 g/mol. The highest BCUT2D eigenvalue weighted by atomic mass is 19.1. The van der Waals surface area contributed by atoms with Gasteiger partial charge in [0.1, 0.15) is 17.7 Å². The zero-order valence-corrected chi connectivity index (χ0v) is 20.7. The van der Waals surface area contributed by atoms with Crippen LogP contribution in [0.2, 0.25) is 0 Å². The number of carbonyl (C=O) groups is 1. The predicted molar refractivity (Wildman–Crippen MR) is 141 cm³/mol. The van der Waals surface area contributed by atoms with Gasteiger partial charge in [-0.3, -0.25) is 9.80 Å². The topological polar surface area (TPSA) is 36.0 Å². The normalized spacial score (nSPS) is 18.6. The molecule has 0 aromatic heterocycles. The van der Waals surface area contributed by atoms with Gasteiger partial charge in [0, 0.05) is 45.0 Å². The Hall–Kier alpha value is -3.55. The van der Waals surface area contributed by atoms with Crippen molar-refractivity contribution in [2.45, 2.75) is 12.5 Å². The first-order valence-electron chi connectivity index (χ1n) is 12.7. The third-order valence-electron chi connectivity index (χ3n) is 6.97. The van der Waals surface area contributed by atoms with Crippen molar-refractivity contribution in [3.8, 4) is 0 Å². The number of nitrogens with zero attached hydrogens (tertiary/aromatic N) is 3. The Labute approximate surface area is 216 Å². The number of carbonyl (C=O) groups excluding carboxylic acids is 1. The first kappa shape index (κ1) is 25.1. The Morgan fingerprint density at radius 1 is 0.811 bits per heavy atom. The van der Waals surface area contributed by atoms with Crippen LogP contribution < -0.4 is 4.90 Å². The van der Waals surface area contributed by atoms with Gasteiger partial charge in [0.25, 0.3) is 0 Å². The fourth-order valence-electron chi connectivity index (χ4n) is 4.97. The molecule has 3 aromatic carbocycles. The lowest BCUT2D eigenvalue weighted by molar-refractivity contribution is 0.0775. The number of amides is 1. The van der Waals surface area contributed by atoms with Crippen molar-refractivity contribution in [2.75, 3.05) is 50.7 Å². The van der Waals surface area contributed by atoms with Crippen molar-refractivity contribution in [1.29, 1.82) is 0 Å². The zero-order valence-electron chi connectivity index (χ0n) is 20.7. The first-order chi connectivity index (χ1) is 18.0. The lowest BCUT2D eigenvalue weighted by atomic mass is 9.96. The fourth-order valence-corrected chi connectivity index (χ4v) is 4.97. The molecule has 1 amide bonds. The molecule has 0 N–H and O–H groups in total. The lowest BCUT2D eigenvalue weighted by Crippen LogP contribution is -2.49. The second kappa shape index (κ2) is 11.7. The van der Waals surface area contributed by atoms with Crippen molar-refractivity contribution in [1.82, 2.24) is 9.80 Å². The molecule has 2 fully saturated rings. The number of hydrogen-bond acceptors (Lipinski definition) is 4. The number of cyclic esters (lactones) is 1. The number of hydrogen-bond donors (Lipinski definition) is 0. The number of halogens is 2. The molecule has 2 saturated heterocycles. The van der Waals surface area contributed by atoms with E-state index in [0.29, 0.717) is 6.54 Å². The number of anilines is 1. The Balaban J connectivity index is 1.13. The average Bonchev–Trinajstić information content (AvgIpc) is 3.29. The number of benzene rings is 3. The minimum absolute atomic E-state index is 0.129. The molecule has 192 valence electrons. The maximum absolute atomic E-state index is 13.5. The molecule has 7 heteroatoms. The third kappa shape index (κ3) is 6.42. The van der Waals surface area contributed by atoms with Crippen LogP contribution in [0.15, 0.2) is 84.9 Å². The van der Waals surface area contributed by atoms with Crippen LogP contribution in [0.1, 0.15) is 17.5 Å². The van der Waals surface area contributed by atoms with Crippen LogP contribution in [0.5, 0.6) is 0 Å². The maximum Gasteiger partial charge on any atom is 0.414 e. The molecule has 0 saturated carbocycles. The van der Waals surface area contributed by atoms with Gasteiger partial charge < -0.3 is 9.64 Å². The summed E-state index contributed by atoms with van der Waals surface area (Å²) in [6.45, 7) is 5.95. The maximum atomic E-state index is 13.5. The largest absolute Gasteiger partial charge is 0.443 e. The highest BCUT2D eigenvalue weighted by molar-refractivity contribution is 5.89. The summed E-state index contributed by atoms with van der Waals surface area (Å²) in [5, 5.41) is 0. The monoisotopic (exact) mass is 503 g/mol. The standard InChI is InChI=1S/C30H31F2N3O2/c31-25-12-8-23(9-13-25)29(24-10-14-26(32)15-11-24)7-4-16-33-17-19-34(20-18-33)21-28-22-35(30(36)37-28)27-5-2-1-3-6-27/h1-3,5-15,28H,4,16-22H2. The van der Waals surface area contributed by atoms with Gasteiger partial charge in [-0.25, -0.2) is 13.6 Å². The van der Waals surface area contributed by atoms with Crippen molar-refractivity contribution in [3.63, 3.8) is 0 Å². The van der Waals surface area contributed by atoms with Gasteiger partial charge in [-0.2, -0.15) is 0 Å². The molecule has 2 aliphatic heterocycles. The molecular weight excluding hydrogens is 472 g/mol. The van der Waals surface area contributed by atoms with E-state index in [2.05, 4.69) is 15.9 Å². The molecule has 2 aliphatic rings. The molecule has 1 atom stereocenters. The predicted octanol–water partition coefficient (Wildman–Crippen LogP) is 5.43. The Morgan fingerprint density at radius 2 is 1.38 bits per heavy atom. The summed E-state index contributed by atoms with van der Waals surface area (Å²) in [6, 6.07) is 22.5. The molecule has 1 unspecified atom stereocenters. The minimum atomic E-state index is -0.278. The number of rotatable bonds is 8. The Morgan fingerprint density at radius 3 is 1.97 bits per heavy atom. The van der Waals surface area contributed by atoms with E-state index in [9.17, 15) is 13.6 Å². The van der Waals surface area contributed by atoms with Gasteiger partial charge in [-0.15, -0.1) is 0 Å². The summed E-state index contributed by atoms with van der Waals surface area (Å²) >= 11 is 0. The van der Waals surface area contributed by atoms with Gasteiger partial charge in [0.05, 0.1) is 6.54 Å². The van der Waals surface area contributed by atoms with Crippen LogP contribution in [-0.4, -0.2) is 67.8 Å². The summed E-state index contributed by atoms with van der Waals surface area (Å²) in [5.74, 6) is -0.555. The molecule has 0 aliphatic carbocycles. The lowest BCUT2D eigenvalue weighted by Gasteiger charge is -2.35. The smallest absolute Gasteiger partial charge is 0.414 e. The van der Waals surface area contributed by atoms with Crippen LogP contribution in [0.25, 0.3) is 5.57 Å². The molecule has 5 rings (SSSR count). The van der Waals surface area contributed by atoms with E-state index in [1.165, 1.54) is 24.3 Å². The van der Waals surface area contributed by atoms with Gasteiger partial charge in [0.15, 0.2) is 0 Å². The van der Waals surface area contributed by atoms with Crippen molar-refractivity contribution < 1.29 is 18.3 Å². The highest BCUT2D eigenvalue weighted by Crippen LogP contribution is 2.25. The molecule has 37 heavy (non-hydrogen) atoms. The van der Waals surface area contributed by atoms with E-state index in [1.54, 1.807) is 29.2 Å². The van der Waals surface area contributed by atoms with Crippen molar-refractivity contribution in [2.24, 2.45) is 0 Å². The van der Waals surface area contributed by atoms with Gasteiger partial charge >= 0.3 is 6.09 Å². The zero-order chi connectivity index (χ0) is 25.6. The molecule has 0 bridgehead atoms. The van der Waals surface area contributed by atoms with Crippen molar-refractivity contribution in [3.05, 3.63) is 108 Å². The molecule has 2 heterocycles. The SMILES string of the molecule is O=C1OC(CN2CCN(CCC=C(c3ccc(F)cc3)c3ccc(F)cc3)CC2)CN1c1ccccc1. The van der Waals surface area contributed by atoms with E-state index >= 15 is 0 Å². The number of piperazine rings is 1. The quantitative estimate of drug-likeness (QED) is 0.411. The number of ether oxygens (including phenoxy) is 1. The van der Waals surface area contributed by atoms with Crippen LogP contribution >= 0.6 is 0 Å². The van der Waals surface area contributed by atoms with E-state index < -0.39 is 0 Å². The van der Waals surface area contributed by atoms with E-state index in [0.717, 1.165) is 68.1 Å². The Kier molecular flexibility index (Phi) is 7.92. The summed E-state index contributed by atoms with van der Waals surface area (Å²) in [5.41, 5.74) is 3.67. The molecule has 3 aromatic rings. The summed E-state index contributed by atoms with van der Waals surface area (Å²) in [6.07, 6.45) is 2.58. The van der Waals surface area contributed by atoms with E-state index in [4.69, 9.17) is 4.74 Å². The minimum Gasteiger partial charge on any atom is -0.443 e. The second-order valence-electron chi connectivity index (χ2n) is 9.51. The van der Waals surface area contributed by atoms with Crippen LogP contribution in [-0.2, 0) is 4.74 Å². The summed E-state index contributed by atoms with van der Waals surface area (Å²) in [7, 11) is 0. The first-order valence-corrected chi connectivity index (χ1v) is 12.7. The van der Waals surface area contributed by atoms with Gasteiger partial charge in [-0.1, -0.05) is 48.5 Å². The van der Waals surface area contributed by atoms with Gasteiger partial charge in [0.2, 0.25) is 0 Å². The summed E-state index contributed by atoms with van der Waals surface area (Å²) < 4.78 is 32.6. The van der Waals surface area contributed by atoms with Crippen LogP contribution in [0.3, 0.4) is 0 Å². The van der Waals surface area contributed by atoms with E-state index in [-0.39, 0.29) is 23.8 Å². The van der Waals surface area contributed by atoms with Gasteiger partial charge in [-0.05, 0) is 59.5 Å². The molecule has 0 spiro atoms. The van der Waals surface area contributed by atoms with Crippen LogP contribution in [0.4, 0.5) is 19.3 Å². The molecule has 5 nitrogen and oxygen atoms in total. The number of para-hydroxylation sites is 1. The second-order valence-corrected chi connectivity index (χ2v) is 9.51.